The van der Waals surface area contributed by atoms with Crippen molar-refractivity contribution < 1.29 is 0 Å². The second kappa shape index (κ2) is 3.06. The molecule has 0 unspecified atom stereocenters. The molecule has 1 aromatic carbocycles. The summed E-state index contributed by atoms with van der Waals surface area (Å²) in [5, 5.41) is 2.82. The number of aromatic amines is 1. The van der Waals surface area contributed by atoms with Crippen LogP contribution in [0.4, 0.5) is 5.69 Å². The maximum absolute atomic E-state index is 5.69. The Morgan fingerprint density at radius 2 is 2.27 bits per heavy atom. The van der Waals surface area contributed by atoms with Crippen LogP contribution < -0.4 is 5.73 Å². The van der Waals surface area contributed by atoms with Gasteiger partial charge in [-0.2, -0.15) is 0 Å². The van der Waals surface area contributed by atoms with Crippen LogP contribution in [0.15, 0.2) is 29.8 Å². The van der Waals surface area contributed by atoms with Gasteiger partial charge in [0.15, 0.2) is 10.8 Å². The van der Waals surface area contributed by atoms with Crippen molar-refractivity contribution in [1.29, 1.82) is 0 Å². The van der Waals surface area contributed by atoms with E-state index in [4.69, 9.17) is 5.73 Å². The van der Waals surface area contributed by atoms with Crippen LogP contribution in [-0.2, 0) is 0 Å². The molecule has 0 fully saturated rings. The number of nitrogens with zero attached hydrogens (tertiary/aromatic N) is 2. The number of nitrogens with two attached hydrogens (primary N) is 1. The zero-order valence-electron chi connectivity index (χ0n) is 7.77. The minimum atomic E-state index is 0.733. The fourth-order valence-corrected chi connectivity index (χ4v) is 2.05. The number of anilines is 1. The predicted octanol–water partition coefficient (Wildman–Crippen LogP) is 2.27. The number of H-pyrrole nitrogens is 1. The van der Waals surface area contributed by atoms with E-state index in [1.807, 2.05) is 23.6 Å². The van der Waals surface area contributed by atoms with E-state index < -0.39 is 0 Å². The molecule has 0 aliphatic heterocycles. The smallest absolute Gasteiger partial charge is 0.167 e. The van der Waals surface area contributed by atoms with Crippen LogP contribution in [0.3, 0.4) is 0 Å². The first kappa shape index (κ1) is 8.43. The summed E-state index contributed by atoms with van der Waals surface area (Å²) in [6, 6.07) is 5.62. The molecular weight excluding hydrogens is 208 g/mol. The van der Waals surface area contributed by atoms with Crippen LogP contribution in [0.1, 0.15) is 0 Å². The van der Waals surface area contributed by atoms with Gasteiger partial charge in [-0.1, -0.05) is 0 Å². The summed E-state index contributed by atoms with van der Waals surface area (Å²) in [4.78, 5) is 11.8. The van der Waals surface area contributed by atoms with Gasteiger partial charge in [-0.05, 0) is 18.2 Å². The summed E-state index contributed by atoms with van der Waals surface area (Å²) >= 11 is 1.56. The molecule has 0 aliphatic rings. The number of nitrogens with one attached hydrogen (secondary N) is 1. The zero-order chi connectivity index (χ0) is 10.3. The topological polar surface area (TPSA) is 67.6 Å². The molecule has 3 rings (SSSR count). The lowest BCUT2D eigenvalue weighted by Crippen LogP contribution is -1.82. The first-order chi connectivity index (χ1) is 7.33. The lowest BCUT2D eigenvalue weighted by molar-refractivity contribution is 1.29. The number of thiazole rings is 1. The highest BCUT2D eigenvalue weighted by molar-refractivity contribution is 7.13. The Hall–Kier alpha value is -1.88. The molecule has 74 valence electrons. The quantitative estimate of drug-likeness (QED) is 0.613. The second-order valence-corrected chi connectivity index (χ2v) is 4.09. The molecule has 0 spiro atoms. The molecule has 5 heteroatoms. The minimum absolute atomic E-state index is 0.733. The number of imidazole rings is 1. The van der Waals surface area contributed by atoms with Crippen LogP contribution in [0, 0.1) is 0 Å². The Labute approximate surface area is 89.8 Å². The fourth-order valence-electron chi connectivity index (χ4n) is 1.47. The first-order valence-electron chi connectivity index (χ1n) is 4.48. The molecule has 0 saturated carbocycles. The monoisotopic (exact) mass is 216 g/mol. The highest BCUT2D eigenvalue weighted by Crippen LogP contribution is 2.23. The summed E-state index contributed by atoms with van der Waals surface area (Å²) in [7, 11) is 0. The Kier molecular flexibility index (Phi) is 1.72. The molecular formula is C10H8N4S. The summed E-state index contributed by atoms with van der Waals surface area (Å²) < 4.78 is 0. The summed E-state index contributed by atoms with van der Waals surface area (Å²) in [5.74, 6) is 0.797. The standard InChI is InChI=1S/C10H8N4S/c11-6-1-2-7-8(5-6)14-9(13-7)10-12-3-4-15-10/h1-5H,11H2,(H,13,14). The van der Waals surface area contributed by atoms with Gasteiger partial charge in [-0.15, -0.1) is 11.3 Å². The third-order valence-electron chi connectivity index (χ3n) is 2.14. The lowest BCUT2D eigenvalue weighted by atomic mass is 10.3. The van der Waals surface area contributed by atoms with E-state index in [0.29, 0.717) is 0 Å². The zero-order valence-corrected chi connectivity index (χ0v) is 8.58. The van der Waals surface area contributed by atoms with Crippen molar-refractivity contribution in [3.05, 3.63) is 29.8 Å². The van der Waals surface area contributed by atoms with Crippen LogP contribution in [0.5, 0.6) is 0 Å². The number of hydrogen-bond acceptors (Lipinski definition) is 4. The van der Waals surface area contributed by atoms with Crippen LogP contribution in [0.25, 0.3) is 21.9 Å². The Balaban J connectivity index is 2.22. The molecule has 4 nitrogen and oxygen atoms in total. The van der Waals surface area contributed by atoms with Gasteiger partial charge in [0.1, 0.15) is 0 Å². The van der Waals surface area contributed by atoms with E-state index in [1.54, 1.807) is 17.5 Å². The van der Waals surface area contributed by atoms with Crippen molar-refractivity contribution in [2.75, 3.05) is 5.73 Å². The Morgan fingerprint density at radius 1 is 1.33 bits per heavy atom. The average molecular weight is 216 g/mol. The van der Waals surface area contributed by atoms with E-state index in [9.17, 15) is 0 Å². The van der Waals surface area contributed by atoms with Crippen molar-refractivity contribution in [3.63, 3.8) is 0 Å². The van der Waals surface area contributed by atoms with Crippen LogP contribution in [0.2, 0.25) is 0 Å². The maximum atomic E-state index is 5.69. The normalized spacial score (nSPS) is 10.9. The molecule has 3 N–H and O–H groups in total. The van der Waals surface area contributed by atoms with E-state index in [1.165, 1.54) is 0 Å². The van der Waals surface area contributed by atoms with Gasteiger partial charge in [-0.25, -0.2) is 9.97 Å². The van der Waals surface area contributed by atoms with Crippen molar-refractivity contribution in [3.8, 4) is 10.8 Å². The van der Waals surface area contributed by atoms with Crippen molar-refractivity contribution in [2.45, 2.75) is 0 Å². The largest absolute Gasteiger partial charge is 0.399 e. The number of nitrogen functional groups attached to an aromatic ring is 1. The molecule has 0 radical (unpaired) electrons. The van der Waals surface area contributed by atoms with E-state index in [-0.39, 0.29) is 0 Å². The fraction of sp³-hybridized carbons (Fsp3) is 0. The maximum Gasteiger partial charge on any atom is 0.167 e. The number of fused-ring (bicyclic) bond motifs is 1. The van der Waals surface area contributed by atoms with Gasteiger partial charge in [0, 0.05) is 17.3 Å². The molecule has 3 aromatic rings. The molecule has 15 heavy (non-hydrogen) atoms. The second-order valence-electron chi connectivity index (χ2n) is 3.20. The SMILES string of the molecule is Nc1ccc2nc(-c3nccs3)[nH]c2c1. The Morgan fingerprint density at radius 3 is 3.07 bits per heavy atom. The lowest BCUT2D eigenvalue weighted by Gasteiger charge is -1.89. The van der Waals surface area contributed by atoms with Crippen molar-refractivity contribution >= 4 is 28.1 Å². The van der Waals surface area contributed by atoms with Gasteiger partial charge < -0.3 is 10.7 Å². The third-order valence-corrected chi connectivity index (χ3v) is 2.92. The number of benzene rings is 1. The minimum Gasteiger partial charge on any atom is -0.399 e. The highest BCUT2D eigenvalue weighted by Gasteiger charge is 2.06. The van der Waals surface area contributed by atoms with Crippen molar-refractivity contribution in [1.82, 2.24) is 15.0 Å². The molecule has 0 atom stereocenters. The molecule has 0 aliphatic carbocycles. The summed E-state index contributed by atoms with van der Waals surface area (Å²) in [6.45, 7) is 0. The Bertz CT molecular complexity index is 597. The van der Waals surface area contributed by atoms with Crippen molar-refractivity contribution in [2.24, 2.45) is 0 Å². The van der Waals surface area contributed by atoms with Gasteiger partial charge in [0.25, 0.3) is 0 Å². The molecule has 0 saturated heterocycles. The van der Waals surface area contributed by atoms with Gasteiger partial charge in [0.2, 0.25) is 0 Å². The highest BCUT2D eigenvalue weighted by atomic mass is 32.1. The summed E-state index contributed by atoms with van der Waals surface area (Å²) in [5.41, 5.74) is 8.28. The average Bonchev–Trinajstić information content (AvgIpc) is 2.84. The van der Waals surface area contributed by atoms with Crippen LogP contribution >= 0.6 is 11.3 Å². The molecule has 2 heterocycles. The van der Waals surface area contributed by atoms with E-state index >= 15 is 0 Å². The first-order valence-corrected chi connectivity index (χ1v) is 5.36. The molecule has 2 aromatic heterocycles. The summed E-state index contributed by atoms with van der Waals surface area (Å²) in [6.07, 6.45) is 1.77. The van der Waals surface area contributed by atoms with Gasteiger partial charge in [0.05, 0.1) is 11.0 Å². The number of aromatic nitrogens is 3. The van der Waals surface area contributed by atoms with Gasteiger partial charge in [-0.3, -0.25) is 0 Å². The van der Waals surface area contributed by atoms with E-state index in [0.717, 1.165) is 27.6 Å². The third kappa shape index (κ3) is 1.37. The predicted molar refractivity (Wildman–Crippen MR) is 61.6 cm³/mol. The van der Waals surface area contributed by atoms with E-state index in [2.05, 4.69) is 15.0 Å². The number of hydrogen-bond donors (Lipinski definition) is 2. The number of rotatable bonds is 1. The molecule has 0 bridgehead atoms. The van der Waals surface area contributed by atoms with Crippen LogP contribution in [-0.4, -0.2) is 15.0 Å². The van der Waals surface area contributed by atoms with Gasteiger partial charge >= 0.3 is 0 Å². The molecule has 0 amide bonds.